The van der Waals surface area contributed by atoms with Crippen molar-refractivity contribution in [3.8, 4) is 17.1 Å². The summed E-state index contributed by atoms with van der Waals surface area (Å²) in [6.45, 7) is 5.92. The van der Waals surface area contributed by atoms with Crippen molar-refractivity contribution in [2.24, 2.45) is 0 Å². The molecular formula is C21H20ClN3O3. The monoisotopic (exact) mass is 397 g/mol. The molecule has 3 rings (SSSR count). The molecule has 3 aromatic rings. The summed E-state index contributed by atoms with van der Waals surface area (Å²) in [6, 6.07) is 16.3. The molecule has 0 saturated heterocycles. The quantitative estimate of drug-likeness (QED) is 0.528. The highest BCUT2D eigenvalue weighted by molar-refractivity contribution is 6.30. The van der Waals surface area contributed by atoms with E-state index in [9.17, 15) is 4.79 Å². The van der Waals surface area contributed by atoms with Crippen LogP contribution in [0.15, 0.2) is 71.8 Å². The summed E-state index contributed by atoms with van der Waals surface area (Å²) in [5.41, 5.74) is 0.779. The molecule has 0 N–H and O–H groups in total. The summed E-state index contributed by atoms with van der Waals surface area (Å²) < 4.78 is 11.0. The number of hydrogen-bond acceptors (Lipinski definition) is 5. The Morgan fingerprint density at radius 3 is 2.64 bits per heavy atom. The third kappa shape index (κ3) is 4.98. The van der Waals surface area contributed by atoms with Crippen LogP contribution in [0.5, 0.6) is 5.75 Å². The lowest BCUT2D eigenvalue weighted by Crippen LogP contribution is -2.40. The third-order valence-electron chi connectivity index (χ3n) is 3.96. The summed E-state index contributed by atoms with van der Waals surface area (Å²) >= 11 is 5.90. The number of carbonyl (C=O) groups excluding carboxylic acids is 1. The highest BCUT2D eigenvalue weighted by atomic mass is 35.5. The Labute approximate surface area is 168 Å². The van der Waals surface area contributed by atoms with Gasteiger partial charge in [0.05, 0.1) is 0 Å². The molecule has 1 atom stereocenters. The second-order valence-corrected chi connectivity index (χ2v) is 6.54. The molecule has 7 heteroatoms. The minimum absolute atomic E-state index is 0.161. The maximum atomic E-state index is 12.8. The largest absolute Gasteiger partial charge is 0.481 e. The van der Waals surface area contributed by atoms with Crippen molar-refractivity contribution in [2.45, 2.75) is 19.6 Å². The van der Waals surface area contributed by atoms with Crippen molar-refractivity contribution in [2.75, 3.05) is 6.54 Å². The van der Waals surface area contributed by atoms with Gasteiger partial charge in [0.2, 0.25) is 11.7 Å². The van der Waals surface area contributed by atoms with Gasteiger partial charge in [-0.3, -0.25) is 4.79 Å². The molecule has 1 aromatic heterocycles. The number of para-hydroxylation sites is 1. The molecule has 28 heavy (non-hydrogen) atoms. The molecule has 0 aliphatic rings. The van der Waals surface area contributed by atoms with Crippen molar-refractivity contribution in [1.82, 2.24) is 15.0 Å². The SMILES string of the molecule is C=CCN(Cc1nc(-c2ccc(Cl)cc2)no1)C(=O)C(C)Oc1ccccc1. The van der Waals surface area contributed by atoms with E-state index >= 15 is 0 Å². The molecule has 0 saturated carbocycles. The number of nitrogens with zero attached hydrogens (tertiary/aromatic N) is 3. The second-order valence-electron chi connectivity index (χ2n) is 6.10. The number of carbonyl (C=O) groups is 1. The van der Waals surface area contributed by atoms with Crippen LogP contribution in [-0.4, -0.2) is 33.6 Å². The average Bonchev–Trinajstić information content (AvgIpc) is 3.17. The van der Waals surface area contributed by atoms with E-state index in [4.69, 9.17) is 20.9 Å². The highest BCUT2D eigenvalue weighted by Crippen LogP contribution is 2.19. The molecule has 1 amide bonds. The molecule has 1 heterocycles. The van der Waals surface area contributed by atoms with E-state index in [0.717, 1.165) is 5.56 Å². The van der Waals surface area contributed by atoms with Crippen LogP contribution in [0.3, 0.4) is 0 Å². The molecule has 0 spiro atoms. The van der Waals surface area contributed by atoms with Crippen LogP contribution in [0.4, 0.5) is 0 Å². The number of halogens is 1. The van der Waals surface area contributed by atoms with E-state index in [1.54, 1.807) is 54.3 Å². The molecule has 6 nitrogen and oxygen atoms in total. The van der Waals surface area contributed by atoms with E-state index in [2.05, 4.69) is 16.7 Å². The van der Waals surface area contributed by atoms with Crippen molar-refractivity contribution in [3.05, 3.63) is 78.2 Å². The smallest absolute Gasteiger partial charge is 0.264 e. The minimum atomic E-state index is -0.666. The van der Waals surface area contributed by atoms with Crippen molar-refractivity contribution >= 4 is 17.5 Å². The van der Waals surface area contributed by atoms with Gasteiger partial charge in [0.15, 0.2) is 6.10 Å². The molecule has 0 fully saturated rings. The van der Waals surface area contributed by atoms with Gasteiger partial charge in [-0.25, -0.2) is 0 Å². The van der Waals surface area contributed by atoms with Crippen LogP contribution in [-0.2, 0) is 11.3 Å². The number of hydrogen-bond donors (Lipinski definition) is 0. The standard InChI is InChI=1S/C21H20ClN3O3/c1-3-13-25(21(26)15(2)27-18-7-5-4-6-8-18)14-19-23-20(24-28-19)16-9-11-17(22)12-10-16/h3-12,15H,1,13-14H2,2H3. The lowest BCUT2D eigenvalue weighted by Gasteiger charge is -2.23. The summed E-state index contributed by atoms with van der Waals surface area (Å²) in [7, 11) is 0. The first-order valence-corrected chi connectivity index (χ1v) is 9.14. The van der Waals surface area contributed by atoms with Crippen molar-refractivity contribution in [1.29, 1.82) is 0 Å². The van der Waals surface area contributed by atoms with Gasteiger partial charge in [0.25, 0.3) is 5.91 Å². The summed E-state index contributed by atoms with van der Waals surface area (Å²) in [5, 5.41) is 4.60. The van der Waals surface area contributed by atoms with Crippen LogP contribution in [0.2, 0.25) is 5.02 Å². The van der Waals surface area contributed by atoms with E-state index in [-0.39, 0.29) is 12.5 Å². The van der Waals surface area contributed by atoms with E-state index in [0.29, 0.717) is 29.0 Å². The summed E-state index contributed by atoms with van der Waals surface area (Å²) in [6.07, 6.45) is 0.977. The first kappa shape index (κ1) is 19.6. The van der Waals surface area contributed by atoms with Gasteiger partial charge in [-0.05, 0) is 43.3 Å². The predicted molar refractivity (Wildman–Crippen MR) is 107 cm³/mol. The maximum absolute atomic E-state index is 12.8. The van der Waals surface area contributed by atoms with Gasteiger partial charge in [-0.15, -0.1) is 6.58 Å². The molecule has 2 aromatic carbocycles. The number of aromatic nitrogens is 2. The van der Waals surface area contributed by atoms with Gasteiger partial charge in [-0.1, -0.05) is 41.0 Å². The molecule has 1 unspecified atom stereocenters. The van der Waals surface area contributed by atoms with Gasteiger partial charge in [0.1, 0.15) is 12.3 Å². The van der Waals surface area contributed by atoms with E-state index < -0.39 is 6.10 Å². The van der Waals surface area contributed by atoms with Crippen LogP contribution in [0.25, 0.3) is 11.4 Å². The topological polar surface area (TPSA) is 68.5 Å². The number of benzene rings is 2. The molecule has 0 aliphatic heterocycles. The minimum Gasteiger partial charge on any atom is -0.481 e. The highest BCUT2D eigenvalue weighted by Gasteiger charge is 2.23. The molecule has 0 bridgehead atoms. The molecule has 0 aliphatic carbocycles. The summed E-state index contributed by atoms with van der Waals surface area (Å²) in [4.78, 5) is 18.7. The first-order valence-electron chi connectivity index (χ1n) is 8.76. The van der Waals surface area contributed by atoms with Crippen LogP contribution >= 0.6 is 11.6 Å². The normalized spacial score (nSPS) is 11.6. The van der Waals surface area contributed by atoms with E-state index in [1.807, 2.05) is 18.2 Å². The fourth-order valence-corrected chi connectivity index (χ4v) is 2.72. The molecule has 0 radical (unpaired) electrons. The predicted octanol–water partition coefficient (Wildman–Crippen LogP) is 4.37. The Morgan fingerprint density at radius 1 is 1.25 bits per heavy atom. The Balaban J connectivity index is 1.69. The van der Waals surface area contributed by atoms with E-state index in [1.165, 1.54) is 0 Å². The second kappa shape index (κ2) is 9.19. The molecule has 144 valence electrons. The Bertz CT molecular complexity index is 926. The Hall–Kier alpha value is -3.12. The Kier molecular flexibility index (Phi) is 6.45. The lowest BCUT2D eigenvalue weighted by atomic mass is 10.2. The van der Waals surface area contributed by atoms with Crippen LogP contribution < -0.4 is 4.74 Å². The maximum Gasteiger partial charge on any atom is 0.264 e. The van der Waals surface area contributed by atoms with Crippen LogP contribution in [0.1, 0.15) is 12.8 Å². The first-order chi connectivity index (χ1) is 13.6. The third-order valence-corrected chi connectivity index (χ3v) is 4.21. The van der Waals surface area contributed by atoms with Gasteiger partial charge in [-0.2, -0.15) is 4.98 Å². The average molecular weight is 398 g/mol. The number of ether oxygens (including phenoxy) is 1. The summed E-state index contributed by atoms with van der Waals surface area (Å²) in [5.74, 6) is 1.19. The van der Waals surface area contributed by atoms with Crippen LogP contribution in [0, 0.1) is 0 Å². The van der Waals surface area contributed by atoms with Gasteiger partial charge >= 0.3 is 0 Å². The Morgan fingerprint density at radius 2 is 1.96 bits per heavy atom. The van der Waals surface area contributed by atoms with Crippen molar-refractivity contribution in [3.63, 3.8) is 0 Å². The zero-order chi connectivity index (χ0) is 19.9. The zero-order valence-corrected chi connectivity index (χ0v) is 16.2. The number of rotatable bonds is 8. The van der Waals surface area contributed by atoms with Crippen molar-refractivity contribution < 1.29 is 14.1 Å². The fourth-order valence-electron chi connectivity index (χ4n) is 2.60. The zero-order valence-electron chi connectivity index (χ0n) is 15.4. The number of amides is 1. The molecular weight excluding hydrogens is 378 g/mol. The lowest BCUT2D eigenvalue weighted by molar-refractivity contribution is -0.138. The fraction of sp³-hybridized carbons (Fsp3) is 0.190. The van der Waals surface area contributed by atoms with Gasteiger partial charge < -0.3 is 14.2 Å². The van der Waals surface area contributed by atoms with Gasteiger partial charge in [0, 0.05) is 17.1 Å².